The summed E-state index contributed by atoms with van der Waals surface area (Å²) >= 11 is 4.42. The molecule has 0 aliphatic heterocycles. The molecule has 2 aromatic carbocycles. The second kappa shape index (κ2) is 6.50. The first-order chi connectivity index (χ1) is 9.10. The van der Waals surface area contributed by atoms with Crippen LogP contribution in [0.3, 0.4) is 0 Å². The van der Waals surface area contributed by atoms with Gasteiger partial charge in [0, 0.05) is 15.9 Å². The van der Waals surface area contributed by atoms with E-state index in [0.29, 0.717) is 12.1 Å². The van der Waals surface area contributed by atoms with Crippen molar-refractivity contribution in [1.82, 2.24) is 5.32 Å². The second-order valence-electron chi connectivity index (χ2n) is 3.98. The Bertz CT molecular complexity index is 566. The van der Waals surface area contributed by atoms with Gasteiger partial charge in [0.1, 0.15) is 11.6 Å². The molecule has 19 heavy (non-hydrogen) atoms. The molecule has 0 atom stereocenters. The lowest BCUT2D eigenvalue weighted by atomic mass is 10.2. The number of benzene rings is 2. The number of halogens is 3. The summed E-state index contributed by atoms with van der Waals surface area (Å²) in [5, 5.41) is 2.87. The van der Waals surface area contributed by atoms with E-state index in [1.165, 1.54) is 12.1 Å². The highest BCUT2D eigenvalue weighted by atomic mass is 79.9. The topological polar surface area (TPSA) is 12.0 Å². The lowest BCUT2D eigenvalue weighted by molar-refractivity contribution is 0.536. The monoisotopic (exact) mass is 343 g/mol. The molecule has 0 spiro atoms. The molecule has 0 saturated carbocycles. The number of hydrogen-bond acceptors (Lipinski definition) is 2. The third-order valence-corrected chi connectivity index (χ3v) is 4.03. The zero-order valence-electron chi connectivity index (χ0n) is 10.2. The molecule has 0 heterocycles. The van der Waals surface area contributed by atoms with Gasteiger partial charge in [-0.3, -0.25) is 0 Å². The summed E-state index contributed by atoms with van der Waals surface area (Å²) in [5.41, 5.74) is 0.594. The number of hydrogen-bond donors (Lipinski definition) is 1. The van der Waals surface area contributed by atoms with Gasteiger partial charge in [-0.2, -0.15) is 0 Å². The van der Waals surface area contributed by atoms with Crippen molar-refractivity contribution in [3.05, 3.63) is 58.1 Å². The van der Waals surface area contributed by atoms with Gasteiger partial charge in [-0.25, -0.2) is 8.78 Å². The van der Waals surface area contributed by atoms with Crippen LogP contribution in [0.25, 0.3) is 0 Å². The molecular weight excluding hydrogens is 332 g/mol. The Morgan fingerprint density at radius 3 is 2.42 bits per heavy atom. The molecule has 2 rings (SSSR count). The largest absolute Gasteiger partial charge is 0.316 e. The molecule has 0 amide bonds. The van der Waals surface area contributed by atoms with Gasteiger partial charge >= 0.3 is 0 Å². The zero-order valence-corrected chi connectivity index (χ0v) is 12.6. The maximum absolute atomic E-state index is 13.9. The van der Waals surface area contributed by atoms with Crippen molar-refractivity contribution < 1.29 is 8.78 Å². The first-order valence-electron chi connectivity index (χ1n) is 5.66. The molecule has 0 saturated heterocycles. The molecule has 0 fully saturated rings. The van der Waals surface area contributed by atoms with Crippen molar-refractivity contribution in [2.24, 2.45) is 0 Å². The predicted molar refractivity (Wildman–Crippen MR) is 77.4 cm³/mol. The van der Waals surface area contributed by atoms with E-state index in [4.69, 9.17) is 0 Å². The van der Waals surface area contributed by atoms with Crippen LogP contribution in [0, 0.1) is 11.6 Å². The van der Waals surface area contributed by atoms with Gasteiger partial charge in [0.05, 0.1) is 4.90 Å². The minimum absolute atomic E-state index is 0.0259. The van der Waals surface area contributed by atoms with E-state index in [2.05, 4.69) is 21.2 Å². The Morgan fingerprint density at radius 1 is 1.16 bits per heavy atom. The highest BCUT2D eigenvalue weighted by Gasteiger charge is 2.12. The van der Waals surface area contributed by atoms with E-state index in [0.717, 1.165) is 21.1 Å². The molecule has 1 N–H and O–H groups in total. The molecule has 0 unspecified atom stereocenters. The van der Waals surface area contributed by atoms with Crippen molar-refractivity contribution in [3.63, 3.8) is 0 Å². The number of nitrogens with one attached hydrogen (secondary N) is 1. The fourth-order valence-corrected chi connectivity index (χ4v) is 3.10. The third-order valence-electron chi connectivity index (χ3n) is 2.45. The lowest BCUT2D eigenvalue weighted by Crippen LogP contribution is -2.06. The van der Waals surface area contributed by atoms with Crippen LogP contribution in [0.4, 0.5) is 8.78 Å². The van der Waals surface area contributed by atoms with Crippen LogP contribution < -0.4 is 5.32 Å². The summed E-state index contributed by atoms with van der Waals surface area (Å²) in [4.78, 5) is 0.812. The summed E-state index contributed by atoms with van der Waals surface area (Å²) in [5.74, 6) is -1.06. The van der Waals surface area contributed by atoms with Gasteiger partial charge in [-0.15, -0.1) is 0 Å². The molecule has 2 aromatic rings. The zero-order chi connectivity index (χ0) is 13.8. The van der Waals surface area contributed by atoms with Gasteiger partial charge in [-0.1, -0.05) is 33.8 Å². The van der Waals surface area contributed by atoms with Crippen molar-refractivity contribution in [2.45, 2.75) is 16.3 Å². The van der Waals surface area contributed by atoms with Crippen LogP contribution in [-0.2, 0) is 6.54 Å². The first kappa shape index (κ1) is 14.5. The number of rotatable bonds is 4. The van der Waals surface area contributed by atoms with Gasteiger partial charge in [0.25, 0.3) is 0 Å². The van der Waals surface area contributed by atoms with Gasteiger partial charge in [0.2, 0.25) is 0 Å². The van der Waals surface area contributed by atoms with Crippen molar-refractivity contribution in [2.75, 3.05) is 7.05 Å². The molecule has 5 heteroatoms. The van der Waals surface area contributed by atoms with Crippen LogP contribution in [0.5, 0.6) is 0 Å². The minimum atomic E-state index is -0.532. The molecule has 0 bridgehead atoms. The van der Waals surface area contributed by atoms with Gasteiger partial charge in [-0.05, 0) is 42.9 Å². The lowest BCUT2D eigenvalue weighted by Gasteiger charge is -2.08. The molecule has 100 valence electrons. The fraction of sp³-hybridized carbons (Fsp3) is 0.143. The molecule has 1 nitrogen and oxygen atoms in total. The quantitative estimate of drug-likeness (QED) is 0.870. The van der Waals surface area contributed by atoms with E-state index in [9.17, 15) is 8.78 Å². The van der Waals surface area contributed by atoms with Crippen molar-refractivity contribution in [1.29, 1.82) is 0 Å². The van der Waals surface area contributed by atoms with E-state index in [-0.39, 0.29) is 4.90 Å². The molecular formula is C14H12BrF2NS. The maximum Gasteiger partial charge on any atom is 0.140 e. The Hall–Kier alpha value is -0.910. The first-order valence-corrected chi connectivity index (χ1v) is 7.27. The molecule has 0 radical (unpaired) electrons. The normalized spacial score (nSPS) is 10.7. The van der Waals surface area contributed by atoms with E-state index < -0.39 is 11.6 Å². The van der Waals surface area contributed by atoms with Crippen molar-refractivity contribution in [3.8, 4) is 0 Å². The summed E-state index contributed by atoms with van der Waals surface area (Å²) < 4.78 is 28.7. The Kier molecular flexibility index (Phi) is 4.96. The van der Waals surface area contributed by atoms with E-state index in [1.54, 1.807) is 7.05 Å². The minimum Gasteiger partial charge on any atom is -0.316 e. The van der Waals surface area contributed by atoms with Gasteiger partial charge < -0.3 is 5.32 Å². The Balaban J connectivity index is 2.30. The molecule has 0 aliphatic rings. The Labute approximate surface area is 123 Å². The third kappa shape index (κ3) is 3.78. The predicted octanol–water partition coefficient (Wildman–Crippen LogP) is 4.60. The van der Waals surface area contributed by atoms with Crippen LogP contribution >= 0.6 is 27.7 Å². The summed E-state index contributed by atoms with van der Waals surface area (Å²) in [6, 6.07) is 10.1. The molecule has 0 aromatic heterocycles. The van der Waals surface area contributed by atoms with Crippen molar-refractivity contribution >= 4 is 27.7 Å². The standard InChI is InChI=1S/C14H12BrF2NS/c1-18-8-9-5-12(16)14(13(17)6-9)19-11-4-2-3-10(15)7-11/h2-7,18H,8H2,1H3. The van der Waals surface area contributed by atoms with Crippen LogP contribution in [0.2, 0.25) is 0 Å². The fourth-order valence-electron chi connectivity index (χ4n) is 1.66. The van der Waals surface area contributed by atoms with Crippen LogP contribution in [0.15, 0.2) is 50.7 Å². The van der Waals surface area contributed by atoms with Gasteiger partial charge in [0.15, 0.2) is 0 Å². The SMILES string of the molecule is CNCc1cc(F)c(Sc2cccc(Br)c2)c(F)c1. The van der Waals surface area contributed by atoms with Crippen LogP contribution in [0.1, 0.15) is 5.56 Å². The molecule has 0 aliphatic carbocycles. The van der Waals surface area contributed by atoms with E-state index >= 15 is 0 Å². The van der Waals surface area contributed by atoms with Crippen LogP contribution in [-0.4, -0.2) is 7.05 Å². The summed E-state index contributed by atoms with van der Waals surface area (Å²) in [6.45, 7) is 0.440. The highest BCUT2D eigenvalue weighted by Crippen LogP contribution is 2.33. The smallest absolute Gasteiger partial charge is 0.140 e. The Morgan fingerprint density at radius 2 is 1.84 bits per heavy atom. The maximum atomic E-state index is 13.9. The van der Waals surface area contributed by atoms with E-state index in [1.807, 2.05) is 24.3 Å². The highest BCUT2D eigenvalue weighted by molar-refractivity contribution is 9.10. The average molecular weight is 344 g/mol. The second-order valence-corrected chi connectivity index (χ2v) is 5.98. The summed E-state index contributed by atoms with van der Waals surface area (Å²) in [6.07, 6.45) is 0. The average Bonchev–Trinajstić information content (AvgIpc) is 2.34. The summed E-state index contributed by atoms with van der Waals surface area (Å²) in [7, 11) is 1.74.